The molecule has 168 valence electrons. The van der Waals surface area contributed by atoms with Crippen molar-refractivity contribution in [3.8, 4) is 11.5 Å². The predicted molar refractivity (Wildman–Crippen MR) is 122 cm³/mol. The van der Waals surface area contributed by atoms with Crippen molar-refractivity contribution < 1.29 is 28.9 Å². The lowest BCUT2D eigenvalue weighted by Gasteiger charge is -2.28. The number of carbonyl (C=O) groups is 2. The maximum Gasteiger partial charge on any atom is 0.295 e. The Hall–Kier alpha value is -2.84. The Kier molecular flexibility index (Phi) is 6.53. The number of amides is 1. The second-order valence-electron chi connectivity index (χ2n) is 7.71. The van der Waals surface area contributed by atoms with Gasteiger partial charge in [0.1, 0.15) is 5.76 Å². The van der Waals surface area contributed by atoms with Crippen molar-refractivity contribution in [2.75, 3.05) is 27.4 Å². The first kappa shape index (κ1) is 22.4. The number of hydrogen-bond donors (Lipinski definition) is 1. The van der Waals surface area contributed by atoms with Crippen molar-refractivity contribution in [2.45, 2.75) is 25.0 Å². The number of benzene rings is 2. The van der Waals surface area contributed by atoms with E-state index in [4.69, 9.17) is 14.2 Å². The number of ketones is 1. The number of aliphatic hydroxyl groups is 1. The number of rotatable bonds is 6. The van der Waals surface area contributed by atoms with Gasteiger partial charge in [0.15, 0.2) is 11.5 Å². The minimum absolute atomic E-state index is 0.0440. The molecule has 2 aromatic rings. The van der Waals surface area contributed by atoms with Crippen LogP contribution < -0.4 is 9.47 Å². The summed E-state index contributed by atoms with van der Waals surface area (Å²) in [6.07, 6.45) is 1.58. The van der Waals surface area contributed by atoms with Crippen LogP contribution in [0.5, 0.6) is 11.5 Å². The zero-order chi connectivity index (χ0) is 22.8. The Morgan fingerprint density at radius 1 is 1.12 bits per heavy atom. The number of ether oxygens (including phenoxy) is 3. The highest BCUT2D eigenvalue weighted by molar-refractivity contribution is 9.10. The van der Waals surface area contributed by atoms with E-state index in [1.165, 1.54) is 19.1 Å². The summed E-state index contributed by atoms with van der Waals surface area (Å²) in [5, 5.41) is 11.1. The summed E-state index contributed by atoms with van der Waals surface area (Å²) < 4.78 is 17.3. The zero-order valence-corrected chi connectivity index (χ0v) is 19.4. The van der Waals surface area contributed by atoms with E-state index < -0.39 is 17.7 Å². The van der Waals surface area contributed by atoms with Crippen molar-refractivity contribution in [1.29, 1.82) is 0 Å². The number of likely N-dealkylation sites (tertiary alicyclic amines) is 1. The average molecular weight is 502 g/mol. The first-order chi connectivity index (χ1) is 15.4. The Morgan fingerprint density at radius 3 is 2.47 bits per heavy atom. The van der Waals surface area contributed by atoms with Gasteiger partial charge in [0.25, 0.3) is 11.7 Å². The number of methoxy groups -OCH3 is 2. The third-order valence-corrected chi connectivity index (χ3v) is 6.33. The highest BCUT2D eigenvalue weighted by Gasteiger charge is 2.47. The van der Waals surface area contributed by atoms with E-state index in [2.05, 4.69) is 15.9 Å². The van der Waals surface area contributed by atoms with Crippen LogP contribution in [0.2, 0.25) is 0 Å². The lowest BCUT2D eigenvalue weighted by Crippen LogP contribution is -2.36. The number of halogens is 1. The summed E-state index contributed by atoms with van der Waals surface area (Å²) in [5.74, 6) is -0.593. The van der Waals surface area contributed by atoms with E-state index >= 15 is 0 Å². The topological polar surface area (TPSA) is 85.3 Å². The first-order valence-electron chi connectivity index (χ1n) is 10.3. The highest BCUT2D eigenvalue weighted by Crippen LogP contribution is 2.42. The molecule has 0 spiro atoms. The van der Waals surface area contributed by atoms with Crippen molar-refractivity contribution in [3.63, 3.8) is 0 Å². The van der Waals surface area contributed by atoms with Crippen LogP contribution in [0.4, 0.5) is 0 Å². The van der Waals surface area contributed by atoms with Crippen molar-refractivity contribution in [1.82, 2.24) is 4.90 Å². The zero-order valence-electron chi connectivity index (χ0n) is 17.8. The second kappa shape index (κ2) is 9.34. The molecule has 32 heavy (non-hydrogen) atoms. The Morgan fingerprint density at radius 2 is 1.84 bits per heavy atom. The monoisotopic (exact) mass is 501 g/mol. The molecule has 4 rings (SSSR count). The van der Waals surface area contributed by atoms with Crippen LogP contribution in [-0.4, -0.2) is 55.2 Å². The van der Waals surface area contributed by atoms with Crippen molar-refractivity contribution in [2.24, 2.45) is 0 Å². The normalized spacial score (nSPS) is 22.4. The lowest BCUT2D eigenvalue weighted by atomic mass is 9.95. The fourth-order valence-electron chi connectivity index (χ4n) is 4.21. The molecule has 2 aromatic carbocycles. The van der Waals surface area contributed by atoms with Gasteiger partial charge in [-0.2, -0.15) is 0 Å². The van der Waals surface area contributed by atoms with Crippen LogP contribution in [0.25, 0.3) is 5.76 Å². The van der Waals surface area contributed by atoms with Crippen molar-refractivity contribution in [3.05, 3.63) is 63.6 Å². The van der Waals surface area contributed by atoms with Gasteiger partial charge in [0, 0.05) is 23.2 Å². The molecular formula is C24H24BrNO6. The molecule has 2 heterocycles. The Balaban J connectivity index is 1.85. The molecule has 2 fully saturated rings. The number of nitrogens with zero attached hydrogens (tertiary/aromatic N) is 1. The molecule has 7 nitrogen and oxygen atoms in total. The minimum atomic E-state index is -0.775. The first-order valence-corrected chi connectivity index (χ1v) is 11.1. The standard InChI is InChI=1S/C24H24BrNO6/c1-30-18-10-7-15(12-19(18)31-2)21-20(22(27)14-5-8-16(25)9-6-14)23(28)24(29)26(21)13-17-4-3-11-32-17/h5-10,12,17,21,27H,3-4,11,13H2,1-2H3. The number of carbonyl (C=O) groups excluding carboxylic acids is 2. The molecule has 0 bridgehead atoms. The van der Waals surface area contributed by atoms with Gasteiger partial charge in [-0.05, 0) is 42.7 Å². The molecule has 1 N–H and O–H groups in total. The maximum atomic E-state index is 13.1. The summed E-state index contributed by atoms with van der Waals surface area (Å²) in [5.41, 5.74) is 1.13. The molecule has 0 saturated carbocycles. The number of aliphatic hydroxyl groups excluding tert-OH is 1. The van der Waals surface area contributed by atoms with Gasteiger partial charge in [-0.1, -0.05) is 34.1 Å². The van der Waals surface area contributed by atoms with Crippen LogP contribution in [-0.2, 0) is 14.3 Å². The SMILES string of the molecule is COc1ccc(C2C(=C(O)c3ccc(Br)cc3)C(=O)C(=O)N2CC2CCCO2)cc1OC. The van der Waals surface area contributed by atoms with Gasteiger partial charge >= 0.3 is 0 Å². The largest absolute Gasteiger partial charge is 0.507 e. The van der Waals surface area contributed by atoms with Crippen LogP contribution >= 0.6 is 15.9 Å². The molecule has 0 aliphatic carbocycles. The average Bonchev–Trinajstić information content (AvgIpc) is 3.41. The van der Waals surface area contributed by atoms with Gasteiger partial charge in [0.2, 0.25) is 0 Å². The van der Waals surface area contributed by atoms with Gasteiger partial charge < -0.3 is 24.2 Å². The molecule has 2 atom stereocenters. The van der Waals surface area contributed by atoms with Crippen LogP contribution in [0.15, 0.2) is 52.5 Å². The van der Waals surface area contributed by atoms with Gasteiger partial charge in [-0.25, -0.2) is 0 Å². The van der Waals surface area contributed by atoms with Crippen LogP contribution in [0, 0.1) is 0 Å². The second-order valence-corrected chi connectivity index (χ2v) is 8.62. The van der Waals surface area contributed by atoms with E-state index in [0.717, 1.165) is 17.3 Å². The predicted octanol–water partition coefficient (Wildman–Crippen LogP) is 4.07. The van der Waals surface area contributed by atoms with Gasteiger partial charge in [-0.3, -0.25) is 9.59 Å². The number of hydrogen-bond acceptors (Lipinski definition) is 6. The summed E-state index contributed by atoms with van der Waals surface area (Å²) in [4.78, 5) is 27.7. The van der Waals surface area contributed by atoms with E-state index in [-0.39, 0.29) is 24.0 Å². The van der Waals surface area contributed by atoms with Crippen LogP contribution in [0.3, 0.4) is 0 Å². The third kappa shape index (κ3) is 4.12. The van der Waals surface area contributed by atoms with Gasteiger partial charge in [0.05, 0.1) is 31.9 Å². The molecular weight excluding hydrogens is 478 g/mol. The maximum absolute atomic E-state index is 13.1. The molecule has 8 heteroatoms. The fraction of sp³-hybridized carbons (Fsp3) is 0.333. The molecule has 0 radical (unpaired) electrons. The fourth-order valence-corrected chi connectivity index (χ4v) is 4.47. The summed E-state index contributed by atoms with van der Waals surface area (Å²) >= 11 is 3.37. The molecule has 2 saturated heterocycles. The highest BCUT2D eigenvalue weighted by atomic mass is 79.9. The summed E-state index contributed by atoms with van der Waals surface area (Å²) in [6.45, 7) is 0.898. The van der Waals surface area contributed by atoms with Gasteiger partial charge in [-0.15, -0.1) is 0 Å². The molecule has 1 amide bonds. The summed E-state index contributed by atoms with van der Waals surface area (Å²) in [6, 6.07) is 11.4. The summed E-state index contributed by atoms with van der Waals surface area (Å²) in [7, 11) is 3.06. The molecule has 2 aliphatic rings. The Bertz CT molecular complexity index is 1060. The van der Waals surface area contributed by atoms with E-state index in [9.17, 15) is 14.7 Å². The minimum Gasteiger partial charge on any atom is -0.507 e. The molecule has 2 aliphatic heterocycles. The van der Waals surface area contributed by atoms with E-state index in [0.29, 0.717) is 29.2 Å². The smallest absolute Gasteiger partial charge is 0.295 e. The number of Topliss-reactive ketones (excluding diaryl/α,β-unsaturated/α-hetero) is 1. The third-order valence-electron chi connectivity index (χ3n) is 5.81. The van der Waals surface area contributed by atoms with Crippen molar-refractivity contribution >= 4 is 33.4 Å². The molecule has 2 unspecified atom stereocenters. The van der Waals surface area contributed by atoms with E-state index in [1.807, 2.05) is 0 Å². The molecule has 0 aromatic heterocycles. The van der Waals surface area contributed by atoms with E-state index in [1.54, 1.807) is 42.5 Å². The quantitative estimate of drug-likeness (QED) is 0.364. The van der Waals surface area contributed by atoms with Crippen LogP contribution in [0.1, 0.15) is 30.0 Å². The Labute approximate surface area is 194 Å². The lowest BCUT2D eigenvalue weighted by molar-refractivity contribution is -0.140.